The van der Waals surface area contributed by atoms with Crippen molar-refractivity contribution < 1.29 is 14.0 Å². The van der Waals surface area contributed by atoms with Gasteiger partial charge in [0.05, 0.1) is 0 Å². The molecule has 6 nitrogen and oxygen atoms in total. The molecule has 0 aliphatic carbocycles. The summed E-state index contributed by atoms with van der Waals surface area (Å²) in [7, 11) is 0. The number of likely N-dealkylation sites (tertiary alicyclic amines) is 2. The number of amides is 2. The highest BCUT2D eigenvalue weighted by Gasteiger charge is 2.43. The van der Waals surface area contributed by atoms with Gasteiger partial charge in [-0.05, 0) is 38.5 Å². The maximum absolute atomic E-state index is 12.9. The van der Waals surface area contributed by atoms with E-state index in [-0.39, 0.29) is 17.2 Å². The fourth-order valence-electron chi connectivity index (χ4n) is 4.31. The second kappa shape index (κ2) is 7.41. The lowest BCUT2D eigenvalue weighted by Crippen LogP contribution is -2.55. The Morgan fingerprint density at radius 2 is 2.04 bits per heavy atom. The number of hydrogen-bond donors (Lipinski definition) is 0. The minimum absolute atomic E-state index is 0.0332. The number of nitrogens with zero attached hydrogens (tertiary/aromatic N) is 3. The Labute approximate surface area is 155 Å². The minimum Gasteiger partial charge on any atom is -0.445 e. The fourth-order valence-corrected chi connectivity index (χ4v) is 4.31. The molecule has 1 atom stereocenters. The summed E-state index contributed by atoms with van der Waals surface area (Å²) in [5.41, 5.74) is 0.467. The molecule has 144 valence electrons. The van der Waals surface area contributed by atoms with Crippen molar-refractivity contribution in [1.82, 2.24) is 14.8 Å². The molecule has 6 heteroatoms. The van der Waals surface area contributed by atoms with E-state index < -0.39 is 0 Å². The zero-order chi connectivity index (χ0) is 18.9. The van der Waals surface area contributed by atoms with Gasteiger partial charge in [-0.3, -0.25) is 9.59 Å². The summed E-state index contributed by atoms with van der Waals surface area (Å²) in [4.78, 5) is 33.5. The van der Waals surface area contributed by atoms with Gasteiger partial charge in [-0.2, -0.15) is 0 Å². The number of carbonyl (C=O) groups is 2. The van der Waals surface area contributed by atoms with E-state index in [2.05, 4.69) is 18.8 Å². The van der Waals surface area contributed by atoms with Crippen LogP contribution in [0.25, 0.3) is 0 Å². The van der Waals surface area contributed by atoms with E-state index in [9.17, 15) is 9.59 Å². The zero-order valence-corrected chi connectivity index (χ0v) is 16.5. The normalized spacial score (nSPS) is 24.0. The Balaban J connectivity index is 1.71. The highest BCUT2D eigenvalue weighted by Crippen LogP contribution is 2.39. The van der Waals surface area contributed by atoms with Crippen molar-refractivity contribution in [2.45, 2.75) is 59.8 Å². The lowest BCUT2D eigenvalue weighted by Gasteiger charge is -2.48. The summed E-state index contributed by atoms with van der Waals surface area (Å²) >= 11 is 0. The molecule has 1 aromatic heterocycles. The first-order chi connectivity index (χ1) is 12.3. The van der Waals surface area contributed by atoms with Crippen LogP contribution in [0.15, 0.2) is 4.42 Å². The zero-order valence-electron chi connectivity index (χ0n) is 16.5. The fraction of sp³-hybridized carbons (Fsp3) is 0.750. The molecular formula is C20H31N3O3. The van der Waals surface area contributed by atoms with E-state index in [1.54, 1.807) is 13.8 Å². The Bertz CT molecular complexity index is 682. The van der Waals surface area contributed by atoms with Gasteiger partial charge in [0, 0.05) is 44.9 Å². The van der Waals surface area contributed by atoms with E-state index >= 15 is 0 Å². The van der Waals surface area contributed by atoms with Gasteiger partial charge in [0.2, 0.25) is 5.91 Å². The summed E-state index contributed by atoms with van der Waals surface area (Å²) in [5.74, 6) is 1.93. The number of aryl methyl sites for hydroxylation is 2. The van der Waals surface area contributed by atoms with Crippen LogP contribution in [0.5, 0.6) is 0 Å². The summed E-state index contributed by atoms with van der Waals surface area (Å²) < 4.78 is 5.44. The Hall–Kier alpha value is -1.85. The molecule has 1 aromatic rings. The van der Waals surface area contributed by atoms with Crippen molar-refractivity contribution in [1.29, 1.82) is 0 Å². The number of hydrogen-bond acceptors (Lipinski definition) is 4. The topological polar surface area (TPSA) is 66.7 Å². The largest absolute Gasteiger partial charge is 0.445 e. The second-order valence-electron chi connectivity index (χ2n) is 8.47. The first-order valence-electron chi connectivity index (χ1n) is 9.81. The van der Waals surface area contributed by atoms with Gasteiger partial charge in [-0.25, -0.2) is 4.98 Å². The average molecular weight is 361 g/mol. The minimum atomic E-state index is -0.0379. The van der Waals surface area contributed by atoms with Crippen LogP contribution in [0.3, 0.4) is 0 Å². The third kappa shape index (κ3) is 3.94. The van der Waals surface area contributed by atoms with E-state index in [0.717, 1.165) is 45.3 Å². The van der Waals surface area contributed by atoms with Crippen LogP contribution in [0.4, 0.5) is 0 Å². The van der Waals surface area contributed by atoms with Gasteiger partial charge in [0.15, 0.2) is 11.6 Å². The molecule has 2 saturated heterocycles. The molecule has 2 aliphatic rings. The van der Waals surface area contributed by atoms with Gasteiger partial charge in [0.25, 0.3) is 5.91 Å². The highest BCUT2D eigenvalue weighted by atomic mass is 16.4. The van der Waals surface area contributed by atoms with Gasteiger partial charge in [-0.15, -0.1) is 0 Å². The number of oxazole rings is 1. The number of aromatic nitrogens is 1. The monoisotopic (exact) mass is 361 g/mol. The SMILES string of the molecule is Cc1nc(C(=O)N2CCC[C@@]3(CCC(=O)N(CCC(C)C)C3)C2)c(C)o1. The molecule has 2 amide bonds. The lowest BCUT2D eigenvalue weighted by molar-refractivity contribution is -0.139. The Morgan fingerprint density at radius 3 is 2.69 bits per heavy atom. The number of carbonyl (C=O) groups excluding carboxylic acids is 2. The summed E-state index contributed by atoms with van der Waals surface area (Å²) in [6, 6.07) is 0. The quantitative estimate of drug-likeness (QED) is 0.826. The summed E-state index contributed by atoms with van der Waals surface area (Å²) in [6.45, 7) is 11.0. The molecule has 0 aromatic carbocycles. The van der Waals surface area contributed by atoms with Crippen LogP contribution in [-0.2, 0) is 4.79 Å². The predicted molar refractivity (Wildman–Crippen MR) is 98.8 cm³/mol. The van der Waals surface area contributed by atoms with Crippen LogP contribution in [0.2, 0.25) is 0 Å². The van der Waals surface area contributed by atoms with Crippen LogP contribution in [-0.4, -0.2) is 52.8 Å². The average Bonchev–Trinajstić information content (AvgIpc) is 2.93. The molecule has 3 heterocycles. The third-order valence-electron chi connectivity index (χ3n) is 5.78. The molecule has 2 aliphatic heterocycles. The van der Waals surface area contributed by atoms with Crippen molar-refractivity contribution >= 4 is 11.8 Å². The molecule has 1 spiro atoms. The third-order valence-corrected chi connectivity index (χ3v) is 5.78. The van der Waals surface area contributed by atoms with E-state index in [1.165, 1.54) is 0 Å². The highest BCUT2D eigenvalue weighted by molar-refractivity contribution is 5.93. The molecule has 2 fully saturated rings. The van der Waals surface area contributed by atoms with Gasteiger partial charge in [0.1, 0.15) is 5.76 Å². The van der Waals surface area contributed by atoms with Crippen molar-refractivity contribution in [2.24, 2.45) is 11.3 Å². The second-order valence-corrected chi connectivity index (χ2v) is 8.47. The Kier molecular flexibility index (Phi) is 5.39. The van der Waals surface area contributed by atoms with Crippen LogP contribution >= 0.6 is 0 Å². The number of rotatable bonds is 4. The molecule has 26 heavy (non-hydrogen) atoms. The molecule has 0 unspecified atom stereocenters. The van der Waals surface area contributed by atoms with Gasteiger partial charge in [-0.1, -0.05) is 13.8 Å². The van der Waals surface area contributed by atoms with Crippen LogP contribution in [0.1, 0.15) is 68.1 Å². The predicted octanol–water partition coefficient (Wildman–Crippen LogP) is 3.18. The Morgan fingerprint density at radius 1 is 1.27 bits per heavy atom. The van der Waals surface area contributed by atoms with Crippen molar-refractivity contribution in [3.05, 3.63) is 17.3 Å². The van der Waals surface area contributed by atoms with Gasteiger partial charge >= 0.3 is 0 Å². The van der Waals surface area contributed by atoms with E-state index in [4.69, 9.17) is 4.42 Å². The maximum atomic E-state index is 12.9. The van der Waals surface area contributed by atoms with E-state index in [1.807, 2.05) is 9.80 Å². The maximum Gasteiger partial charge on any atom is 0.276 e. The molecular weight excluding hydrogens is 330 g/mol. The van der Waals surface area contributed by atoms with Crippen molar-refractivity contribution in [3.8, 4) is 0 Å². The van der Waals surface area contributed by atoms with Crippen molar-refractivity contribution in [2.75, 3.05) is 26.2 Å². The molecule has 3 rings (SSSR count). The first kappa shape index (κ1) is 18.9. The molecule has 0 radical (unpaired) electrons. The molecule has 0 N–H and O–H groups in total. The summed E-state index contributed by atoms with van der Waals surface area (Å²) in [5, 5.41) is 0. The van der Waals surface area contributed by atoms with E-state index in [0.29, 0.717) is 36.2 Å². The summed E-state index contributed by atoms with van der Waals surface area (Å²) in [6.07, 6.45) is 4.57. The van der Waals surface area contributed by atoms with Crippen LogP contribution < -0.4 is 0 Å². The first-order valence-corrected chi connectivity index (χ1v) is 9.81. The molecule has 0 bridgehead atoms. The van der Waals surface area contributed by atoms with Gasteiger partial charge < -0.3 is 14.2 Å². The lowest BCUT2D eigenvalue weighted by atomic mass is 9.73. The van der Waals surface area contributed by atoms with Crippen LogP contribution in [0, 0.1) is 25.2 Å². The smallest absolute Gasteiger partial charge is 0.276 e. The standard InChI is InChI=1S/C20H31N3O3/c1-14(2)7-11-22-12-20(9-6-17(22)24)8-5-10-23(13-20)19(25)18-15(3)26-16(4)21-18/h14H,5-13H2,1-4H3/t20-/m0/s1. The number of piperidine rings is 2. The van der Waals surface area contributed by atoms with Crippen molar-refractivity contribution in [3.63, 3.8) is 0 Å². The molecule has 0 saturated carbocycles.